The van der Waals surface area contributed by atoms with Crippen LogP contribution >= 0.6 is 11.8 Å². The number of amides is 1. The number of carbonyl (C=O) groups is 1. The van der Waals surface area contributed by atoms with Crippen LogP contribution in [0.3, 0.4) is 0 Å². The Bertz CT molecular complexity index is 844. The molecular formula is C18H17F2N3OS. The van der Waals surface area contributed by atoms with Crippen molar-refractivity contribution < 1.29 is 13.6 Å². The van der Waals surface area contributed by atoms with Crippen LogP contribution in [0.25, 0.3) is 11.0 Å². The largest absolute Gasteiger partial charge is 0.355 e. The number of nitrogens with zero attached hydrogens (tertiary/aromatic N) is 1. The molecule has 0 fully saturated rings. The number of benzene rings is 2. The van der Waals surface area contributed by atoms with Crippen molar-refractivity contribution in [2.24, 2.45) is 0 Å². The molecule has 7 heteroatoms. The number of hydrogen-bond acceptors (Lipinski definition) is 3. The Hall–Kier alpha value is -2.41. The predicted octanol–water partition coefficient (Wildman–Crippen LogP) is 3.68. The van der Waals surface area contributed by atoms with Crippen LogP contribution in [-0.2, 0) is 11.2 Å². The van der Waals surface area contributed by atoms with E-state index >= 15 is 0 Å². The van der Waals surface area contributed by atoms with Crippen molar-refractivity contribution in [1.82, 2.24) is 15.3 Å². The zero-order valence-corrected chi connectivity index (χ0v) is 14.4. The molecule has 0 spiro atoms. The Morgan fingerprint density at radius 1 is 1.24 bits per heavy atom. The molecule has 2 aromatic carbocycles. The summed E-state index contributed by atoms with van der Waals surface area (Å²) >= 11 is 1.21. The summed E-state index contributed by atoms with van der Waals surface area (Å²) in [5.41, 5.74) is 1.89. The fourth-order valence-corrected chi connectivity index (χ4v) is 3.22. The van der Waals surface area contributed by atoms with Gasteiger partial charge in [0, 0.05) is 18.7 Å². The van der Waals surface area contributed by atoms with E-state index in [2.05, 4.69) is 15.3 Å². The van der Waals surface area contributed by atoms with Crippen LogP contribution < -0.4 is 5.32 Å². The Morgan fingerprint density at radius 3 is 2.72 bits per heavy atom. The standard InChI is InChI=1S/C18H17F2N3OS/c1-11(17(24)21-8-7-12-5-3-2-4-6-12)25-18-22-15-9-13(19)14(20)10-16(15)23-18/h2-6,9-11H,7-8H2,1H3,(H,21,24)(H,22,23). The highest BCUT2D eigenvalue weighted by molar-refractivity contribution is 8.00. The molecule has 0 radical (unpaired) electrons. The van der Waals surface area contributed by atoms with Crippen molar-refractivity contribution in [3.8, 4) is 0 Å². The van der Waals surface area contributed by atoms with Gasteiger partial charge in [-0.1, -0.05) is 42.1 Å². The zero-order chi connectivity index (χ0) is 17.8. The molecule has 1 atom stereocenters. The van der Waals surface area contributed by atoms with E-state index in [0.717, 1.165) is 24.1 Å². The average molecular weight is 361 g/mol. The van der Waals surface area contributed by atoms with Gasteiger partial charge < -0.3 is 10.3 Å². The molecule has 4 nitrogen and oxygen atoms in total. The summed E-state index contributed by atoms with van der Waals surface area (Å²) in [4.78, 5) is 19.2. The first-order valence-electron chi connectivity index (χ1n) is 7.86. The van der Waals surface area contributed by atoms with E-state index in [9.17, 15) is 13.6 Å². The monoisotopic (exact) mass is 361 g/mol. The first-order valence-corrected chi connectivity index (χ1v) is 8.74. The number of nitrogens with one attached hydrogen (secondary N) is 2. The van der Waals surface area contributed by atoms with Crippen LogP contribution in [0.2, 0.25) is 0 Å². The minimum absolute atomic E-state index is 0.112. The number of fused-ring (bicyclic) bond motifs is 1. The second-order valence-corrected chi connectivity index (χ2v) is 6.94. The number of aromatic nitrogens is 2. The molecule has 0 bridgehead atoms. The first-order chi connectivity index (χ1) is 12.0. The number of halogens is 2. The van der Waals surface area contributed by atoms with Crippen LogP contribution in [0.5, 0.6) is 0 Å². The summed E-state index contributed by atoms with van der Waals surface area (Å²) in [5, 5.41) is 2.95. The van der Waals surface area contributed by atoms with Crippen LogP contribution in [0.1, 0.15) is 12.5 Å². The highest BCUT2D eigenvalue weighted by Gasteiger charge is 2.17. The van der Waals surface area contributed by atoms with Crippen molar-refractivity contribution in [3.05, 3.63) is 59.7 Å². The number of thioether (sulfide) groups is 1. The average Bonchev–Trinajstić information content (AvgIpc) is 2.97. The van der Waals surface area contributed by atoms with Gasteiger partial charge in [0.15, 0.2) is 16.8 Å². The predicted molar refractivity (Wildman–Crippen MR) is 94.5 cm³/mol. The van der Waals surface area contributed by atoms with E-state index < -0.39 is 11.6 Å². The molecule has 3 aromatic rings. The van der Waals surface area contributed by atoms with Gasteiger partial charge in [0.2, 0.25) is 5.91 Å². The second kappa shape index (κ2) is 7.65. The Labute approximate surface area is 148 Å². The van der Waals surface area contributed by atoms with E-state index in [1.54, 1.807) is 6.92 Å². The van der Waals surface area contributed by atoms with Crippen molar-refractivity contribution in [3.63, 3.8) is 0 Å². The fraction of sp³-hybridized carbons (Fsp3) is 0.222. The highest BCUT2D eigenvalue weighted by atomic mass is 32.2. The maximum atomic E-state index is 13.2. The maximum Gasteiger partial charge on any atom is 0.233 e. The topological polar surface area (TPSA) is 57.8 Å². The number of hydrogen-bond donors (Lipinski definition) is 2. The summed E-state index contributed by atoms with van der Waals surface area (Å²) in [6, 6.07) is 12.0. The van der Waals surface area contributed by atoms with Crippen molar-refractivity contribution >= 4 is 28.7 Å². The molecule has 1 unspecified atom stereocenters. The van der Waals surface area contributed by atoms with Gasteiger partial charge in [0.1, 0.15) is 0 Å². The molecule has 0 saturated heterocycles. The molecule has 25 heavy (non-hydrogen) atoms. The lowest BCUT2D eigenvalue weighted by Crippen LogP contribution is -2.32. The van der Waals surface area contributed by atoms with E-state index in [-0.39, 0.29) is 11.2 Å². The molecule has 0 aliphatic rings. The van der Waals surface area contributed by atoms with E-state index in [1.807, 2.05) is 30.3 Å². The lowest BCUT2D eigenvalue weighted by molar-refractivity contribution is -0.120. The third-order valence-electron chi connectivity index (χ3n) is 3.72. The van der Waals surface area contributed by atoms with E-state index in [4.69, 9.17) is 0 Å². The molecule has 0 aliphatic carbocycles. The number of aromatic amines is 1. The van der Waals surface area contributed by atoms with Gasteiger partial charge >= 0.3 is 0 Å². The Balaban J connectivity index is 1.56. The summed E-state index contributed by atoms with van der Waals surface area (Å²) in [6.07, 6.45) is 0.757. The molecule has 0 aliphatic heterocycles. The van der Waals surface area contributed by atoms with Gasteiger partial charge in [0.25, 0.3) is 0 Å². The van der Waals surface area contributed by atoms with Gasteiger partial charge in [-0.2, -0.15) is 0 Å². The van der Waals surface area contributed by atoms with Crippen molar-refractivity contribution in [2.45, 2.75) is 23.8 Å². The minimum atomic E-state index is -0.942. The van der Waals surface area contributed by atoms with Gasteiger partial charge in [-0.15, -0.1) is 0 Å². The molecule has 3 rings (SSSR count). The fourth-order valence-electron chi connectivity index (χ4n) is 2.38. The highest BCUT2D eigenvalue weighted by Crippen LogP contribution is 2.24. The summed E-state index contributed by atoms with van der Waals surface area (Å²) in [5.74, 6) is -1.99. The molecule has 1 aromatic heterocycles. The van der Waals surface area contributed by atoms with Crippen LogP contribution in [0.15, 0.2) is 47.6 Å². The van der Waals surface area contributed by atoms with Crippen LogP contribution in [0, 0.1) is 11.6 Å². The van der Waals surface area contributed by atoms with Crippen molar-refractivity contribution in [1.29, 1.82) is 0 Å². The molecule has 1 amide bonds. The smallest absolute Gasteiger partial charge is 0.233 e. The summed E-state index contributed by atoms with van der Waals surface area (Å²) in [7, 11) is 0. The minimum Gasteiger partial charge on any atom is -0.355 e. The van der Waals surface area contributed by atoms with Gasteiger partial charge in [-0.3, -0.25) is 4.79 Å². The normalized spacial score (nSPS) is 12.3. The summed E-state index contributed by atoms with van der Waals surface area (Å²) in [6.45, 7) is 2.31. The van der Waals surface area contributed by atoms with Gasteiger partial charge in [-0.25, -0.2) is 13.8 Å². The number of imidazole rings is 1. The number of carbonyl (C=O) groups excluding carboxylic acids is 1. The number of rotatable bonds is 6. The lowest BCUT2D eigenvalue weighted by atomic mass is 10.1. The van der Waals surface area contributed by atoms with E-state index in [0.29, 0.717) is 22.7 Å². The Morgan fingerprint density at radius 2 is 1.96 bits per heavy atom. The molecule has 0 saturated carbocycles. The van der Waals surface area contributed by atoms with Crippen LogP contribution in [0.4, 0.5) is 8.78 Å². The quantitative estimate of drug-likeness (QED) is 0.659. The maximum absolute atomic E-state index is 13.2. The lowest BCUT2D eigenvalue weighted by Gasteiger charge is -2.10. The summed E-state index contributed by atoms with van der Waals surface area (Å²) < 4.78 is 26.5. The van der Waals surface area contributed by atoms with Gasteiger partial charge in [0.05, 0.1) is 16.3 Å². The third kappa shape index (κ3) is 4.36. The SMILES string of the molecule is CC(Sc1nc2cc(F)c(F)cc2[nH]1)C(=O)NCCc1ccccc1. The van der Waals surface area contributed by atoms with Gasteiger partial charge in [-0.05, 0) is 18.9 Å². The first kappa shape index (κ1) is 17.4. The molecular weight excluding hydrogens is 344 g/mol. The van der Waals surface area contributed by atoms with Crippen LogP contribution in [-0.4, -0.2) is 27.7 Å². The van der Waals surface area contributed by atoms with Crippen molar-refractivity contribution in [2.75, 3.05) is 6.54 Å². The third-order valence-corrected chi connectivity index (χ3v) is 4.70. The number of H-pyrrole nitrogens is 1. The second-order valence-electron chi connectivity index (χ2n) is 5.61. The molecule has 1 heterocycles. The molecule has 130 valence electrons. The Kier molecular flexibility index (Phi) is 5.33. The van der Waals surface area contributed by atoms with E-state index in [1.165, 1.54) is 11.8 Å². The zero-order valence-electron chi connectivity index (χ0n) is 13.6. The molecule has 2 N–H and O–H groups in total.